The van der Waals surface area contributed by atoms with Crippen molar-refractivity contribution in [1.29, 1.82) is 0 Å². The number of hydrogen-bond acceptors (Lipinski definition) is 3. The van der Waals surface area contributed by atoms with Crippen LogP contribution in [-0.2, 0) is 9.53 Å². The van der Waals surface area contributed by atoms with Crippen LogP contribution in [0.15, 0.2) is 42.5 Å². The SMILES string of the molecule is NC(=O)c1ccc([C@@H]2[C@@H](C(=O)Nc3ccc(Cl)c(Cl)c3)[C@H]3CC[C@@H]2O3)cc1. The lowest BCUT2D eigenvalue weighted by Gasteiger charge is -2.27. The van der Waals surface area contributed by atoms with Gasteiger partial charge in [0, 0.05) is 17.2 Å². The molecule has 2 aromatic carbocycles. The summed E-state index contributed by atoms with van der Waals surface area (Å²) in [5.74, 6) is -0.949. The quantitative estimate of drug-likeness (QED) is 0.807. The van der Waals surface area contributed by atoms with Gasteiger partial charge in [-0.1, -0.05) is 35.3 Å². The average molecular weight is 405 g/mol. The molecule has 0 aliphatic carbocycles. The summed E-state index contributed by atoms with van der Waals surface area (Å²) in [5.41, 5.74) is 7.33. The fourth-order valence-electron chi connectivity index (χ4n) is 4.10. The molecule has 2 aromatic rings. The van der Waals surface area contributed by atoms with Crippen molar-refractivity contribution in [1.82, 2.24) is 0 Å². The van der Waals surface area contributed by atoms with Gasteiger partial charge in [0.25, 0.3) is 0 Å². The van der Waals surface area contributed by atoms with Crippen LogP contribution in [-0.4, -0.2) is 24.0 Å². The smallest absolute Gasteiger partial charge is 0.248 e. The average Bonchev–Trinajstić information content (AvgIpc) is 3.26. The highest BCUT2D eigenvalue weighted by molar-refractivity contribution is 6.42. The molecule has 2 amide bonds. The zero-order valence-electron chi connectivity index (χ0n) is 14.3. The first-order valence-electron chi connectivity index (χ1n) is 8.75. The number of primary amides is 1. The summed E-state index contributed by atoms with van der Waals surface area (Å²) in [6, 6.07) is 12.1. The molecule has 2 aliphatic rings. The Morgan fingerprint density at radius 2 is 1.70 bits per heavy atom. The molecule has 0 unspecified atom stereocenters. The predicted molar refractivity (Wildman–Crippen MR) is 104 cm³/mol. The molecule has 140 valence electrons. The van der Waals surface area contributed by atoms with Gasteiger partial charge in [0.15, 0.2) is 0 Å². The van der Waals surface area contributed by atoms with Crippen molar-refractivity contribution < 1.29 is 14.3 Å². The number of nitrogens with one attached hydrogen (secondary N) is 1. The van der Waals surface area contributed by atoms with Crippen molar-refractivity contribution >= 4 is 40.7 Å². The molecule has 4 atom stereocenters. The summed E-state index contributed by atoms with van der Waals surface area (Å²) in [6.07, 6.45) is 1.67. The Kier molecular flexibility index (Phi) is 4.84. The van der Waals surface area contributed by atoms with Crippen molar-refractivity contribution in [3.63, 3.8) is 0 Å². The number of hydrogen-bond donors (Lipinski definition) is 2. The fourth-order valence-corrected chi connectivity index (χ4v) is 4.40. The number of fused-ring (bicyclic) bond motifs is 2. The summed E-state index contributed by atoms with van der Waals surface area (Å²) < 4.78 is 6.03. The molecular formula is C20H18Cl2N2O3. The summed E-state index contributed by atoms with van der Waals surface area (Å²) >= 11 is 12.0. The number of carbonyl (C=O) groups excluding carboxylic acids is 2. The van der Waals surface area contributed by atoms with Crippen LogP contribution in [0.3, 0.4) is 0 Å². The molecule has 2 aliphatic heterocycles. The van der Waals surface area contributed by atoms with Gasteiger partial charge in [-0.3, -0.25) is 9.59 Å². The van der Waals surface area contributed by atoms with Gasteiger partial charge in [-0.25, -0.2) is 0 Å². The third kappa shape index (κ3) is 3.43. The van der Waals surface area contributed by atoms with Crippen LogP contribution in [0.2, 0.25) is 10.0 Å². The second-order valence-corrected chi connectivity index (χ2v) is 7.76. The fraction of sp³-hybridized carbons (Fsp3) is 0.300. The van der Waals surface area contributed by atoms with E-state index in [0.717, 1.165) is 18.4 Å². The summed E-state index contributed by atoms with van der Waals surface area (Å²) in [5, 5.41) is 3.75. The predicted octanol–water partition coefficient (Wildman–Crippen LogP) is 3.99. The number of ether oxygens (including phenoxy) is 1. The van der Waals surface area contributed by atoms with E-state index in [1.54, 1.807) is 30.3 Å². The maximum Gasteiger partial charge on any atom is 0.248 e. The number of amides is 2. The molecule has 0 saturated carbocycles. The molecule has 5 nitrogen and oxygen atoms in total. The molecule has 27 heavy (non-hydrogen) atoms. The Morgan fingerprint density at radius 3 is 2.37 bits per heavy atom. The first-order chi connectivity index (χ1) is 12.9. The maximum atomic E-state index is 13.0. The van der Waals surface area contributed by atoms with E-state index in [2.05, 4.69) is 5.32 Å². The van der Waals surface area contributed by atoms with Crippen LogP contribution in [0.5, 0.6) is 0 Å². The van der Waals surface area contributed by atoms with Gasteiger partial charge < -0.3 is 15.8 Å². The molecular weight excluding hydrogens is 387 g/mol. The van der Waals surface area contributed by atoms with E-state index in [-0.39, 0.29) is 30.0 Å². The van der Waals surface area contributed by atoms with Crippen molar-refractivity contribution in [2.75, 3.05) is 5.32 Å². The van der Waals surface area contributed by atoms with E-state index in [1.165, 1.54) is 0 Å². The van der Waals surface area contributed by atoms with Crippen molar-refractivity contribution in [2.45, 2.75) is 31.0 Å². The zero-order valence-corrected chi connectivity index (χ0v) is 15.8. The van der Waals surface area contributed by atoms with Crippen molar-refractivity contribution in [3.8, 4) is 0 Å². The van der Waals surface area contributed by atoms with Gasteiger partial charge in [0.2, 0.25) is 11.8 Å². The Labute approximate surface area is 166 Å². The minimum absolute atomic E-state index is 0.000941. The lowest BCUT2D eigenvalue weighted by atomic mass is 9.75. The Bertz CT molecular complexity index is 901. The molecule has 3 N–H and O–H groups in total. The minimum atomic E-state index is -0.473. The molecule has 0 aromatic heterocycles. The first-order valence-corrected chi connectivity index (χ1v) is 9.51. The first kappa shape index (κ1) is 18.3. The lowest BCUT2D eigenvalue weighted by Crippen LogP contribution is -2.36. The largest absolute Gasteiger partial charge is 0.373 e. The highest BCUT2D eigenvalue weighted by atomic mass is 35.5. The third-order valence-electron chi connectivity index (χ3n) is 5.34. The summed E-state index contributed by atoms with van der Waals surface area (Å²) in [6.45, 7) is 0. The lowest BCUT2D eigenvalue weighted by molar-refractivity contribution is -0.121. The van der Waals surface area contributed by atoms with Gasteiger partial charge in [-0.15, -0.1) is 0 Å². The second kappa shape index (κ2) is 7.15. The van der Waals surface area contributed by atoms with E-state index in [0.29, 0.717) is 21.3 Å². The van der Waals surface area contributed by atoms with Crippen molar-refractivity contribution in [3.05, 3.63) is 63.6 Å². The molecule has 4 rings (SSSR count). The molecule has 0 radical (unpaired) electrons. The van der Waals surface area contributed by atoms with E-state index in [9.17, 15) is 9.59 Å². The monoisotopic (exact) mass is 404 g/mol. The van der Waals surface area contributed by atoms with Gasteiger partial charge in [0.1, 0.15) is 0 Å². The molecule has 7 heteroatoms. The Balaban J connectivity index is 1.58. The number of anilines is 1. The van der Waals surface area contributed by atoms with Crippen LogP contribution < -0.4 is 11.1 Å². The topological polar surface area (TPSA) is 81.4 Å². The number of nitrogens with two attached hydrogens (primary N) is 1. The van der Waals surface area contributed by atoms with Crippen molar-refractivity contribution in [2.24, 2.45) is 11.7 Å². The minimum Gasteiger partial charge on any atom is -0.373 e. The summed E-state index contributed by atoms with van der Waals surface area (Å²) in [7, 11) is 0. The standard InChI is InChI=1S/C20H18Cl2N2O3/c21-13-6-5-12(9-14(13)22)24-20(26)18-16-8-7-15(27-16)17(18)10-1-3-11(4-2-10)19(23)25/h1-6,9,15-18H,7-8H2,(H2,23,25)(H,24,26)/t15-,16+,17-,18-/m0/s1. The molecule has 2 heterocycles. The maximum absolute atomic E-state index is 13.0. The highest BCUT2D eigenvalue weighted by Gasteiger charge is 2.52. The Hall–Kier alpha value is -2.08. The summed E-state index contributed by atoms with van der Waals surface area (Å²) in [4.78, 5) is 24.3. The molecule has 0 spiro atoms. The van der Waals surface area contributed by atoms with Gasteiger partial charge in [0.05, 0.1) is 28.2 Å². The van der Waals surface area contributed by atoms with E-state index in [4.69, 9.17) is 33.7 Å². The van der Waals surface area contributed by atoms with Crippen LogP contribution >= 0.6 is 23.2 Å². The molecule has 2 bridgehead atoms. The van der Waals surface area contributed by atoms with Crippen LogP contribution in [0.4, 0.5) is 5.69 Å². The Morgan fingerprint density at radius 1 is 1.00 bits per heavy atom. The third-order valence-corrected chi connectivity index (χ3v) is 6.08. The van der Waals surface area contributed by atoms with Gasteiger partial charge >= 0.3 is 0 Å². The van der Waals surface area contributed by atoms with Crippen LogP contribution in [0, 0.1) is 5.92 Å². The number of halogens is 2. The number of carbonyl (C=O) groups is 2. The van der Waals surface area contributed by atoms with E-state index >= 15 is 0 Å². The van der Waals surface area contributed by atoms with Crippen LogP contribution in [0.1, 0.15) is 34.7 Å². The van der Waals surface area contributed by atoms with Crippen LogP contribution in [0.25, 0.3) is 0 Å². The second-order valence-electron chi connectivity index (χ2n) is 6.95. The van der Waals surface area contributed by atoms with E-state index < -0.39 is 5.91 Å². The zero-order chi connectivity index (χ0) is 19.1. The van der Waals surface area contributed by atoms with Gasteiger partial charge in [-0.05, 0) is 48.7 Å². The van der Waals surface area contributed by atoms with Gasteiger partial charge in [-0.2, -0.15) is 0 Å². The molecule has 2 fully saturated rings. The number of rotatable bonds is 4. The normalized spacial score (nSPS) is 26.1. The van der Waals surface area contributed by atoms with E-state index in [1.807, 2.05) is 12.1 Å². The highest BCUT2D eigenvalue weighted by Crippen LogP contribution is 2.49. The molecule has 2 saturated heterocycles. The number of benzene rings is 2.